The molecule has 0 saturated heterocycles. The fourth-order valence-corrected chi connectivity index (χ4v) is 3.06. The lowest BCUT2D eigenvalue weighted by Crippen LogP contribution is -2.62. The Bertz CT molecular complexity index is 300. The minimum Gasteiger partial charge on any atom is -0.373 e. The Labute approximate surface area is 114 Å². The van der Waals surface area contributed by atoms with E-state index in [0.29, 0.717) is 12.8 Å². The van der Waals surface area contributed by atoms with Gasteiger partial charge in [0.25, 0.3) is 5.60 Å². The molecule has 0 aromatic heterocycles. The minimum atomic E-state index is -5.70. The van der Waals surface area contributed by atoms with Gasteiger partial charge >= 0.3 is 12.4 Å². The predicted octanol–water partition coefficient (Wildman–Crippen LogP) is 4.69. The molecule has 1 saturated carbocycles. The van der Waals surface area contributed by atoms with Crippen LogP contribution >= 0.6 is 0 Å². The average Bonchev–Trinajstić information content (AvgIpc) is 2.34. The van der Waals surface area contributed by atoms with Gasteiger partial charge in [0.2, 0.25) is 0 Å². The lowest BCUT2D eigenvalue weighted by atomic mass is 9.69. The summed E-state index contributed by atoms with van der Waals surface area (Å²) in [5, 5.41) is 9.34. The molecule has 0 bridgehead atoms. The third kappa shape index (κ3) is 3.07. The molecule has 20 heavy (non-hydrogen) atoms. The van der Waals surface area contributed by atoms with Gasteiger partial charge in [0.05, 0.1) is 0 Å². The van der Waals surface area contributed by atoms with Crippen molar-refractivity contribution in [1.82, 2.24) is 0 Å². The van der Waals surface area contributed by atoms with Gasteiger partial charge in [-0.05, 0) is 37.5 Å². The van der Waals surface area contributed by atoms with Gasteiger partial charge in [-0.3, -0.25) is 0 Å². The Kier molecular flexibility index (Phi) is 5.04. The first-order valence-corrected chi connectivity index (χ1v) is 6.81. The number of rotatable bonds is 3. The van der Waals surface area contributed by atoms with E-state index >= 15 is 0 Å². The summed E-state index contributed by atoms with van der Waals surface area (Å²) in [5.41, 5.74) is -4.58. The smallest absolute Gasteiger partial charge is 0.373 e. The second-order valence-corrected chi connectivity index (χ2v) is 5.76. The van der Waals surface area contributed by atoms with Crippen molar-refractivity contribution in [2.75, 3.05) is 0 Å². The lowest BCUT2D eigenvalue weighted by molar-refractivity contribution is -0.387. The van der Waals surface area contributed by atoms with Crippen molar-refractivity contribution >= 4 is 0 Å². The summed E-state index contributed by atoms with van der Waals surface area (Å²) in [6.45, 7) is 3.89. The van der Waals surface area contributed by atoms with E-state index in [4.69, 9.17) is 0 Å². The van der Waals surface area contributed by atoms with Crippen molar-refractivity contribution in [3.63, 3.8) is 0 Å². The molecule has 0 aromatic rings. The number of hydrogen-bond donors (Lipinski definition) is 1. The number of aliphatic hydroxyl groups is 1. The largest absolute Gasteiger partial charge is 0.426 e. The molecule has 0 aliphatic heterocycles. The zero-order valence-electron chi connectivity index (χ0n) is 11.5. The molecule has 1 fully saturated rings. The Morgan fingerprint density at radius 3 is 1.65 bits per heavy atom. The Balaban J connectivity index is 2.88. The van der Waals surface area contributed by atoms with Crippen LogP contribution in [0.3, 0.4) is 0 Å². The van der Waals surface area contributed by atoms with E-state index in [9.17, 15) is 31.4 Å². The fraction of sp³-hybridized carbons (Fsp3) is 1.00. The van der Waals surface area contributed by atoms with Crippen LogP contribution in [-0.2, 0) is 0 Å². The highest BCUT2D eigenvalue weighted by molar-refractivity contribution is 5.00. The first kappa shape index (κ1) is 17.6. The molecular weight excluding hydrogens is 286 g/mol. The summed E-state index contributed by atoms with van der Waals surface area (Å²) in [6.07, 6.45) is -10.4. The fourth-order valence-electron chi connectivity index (χ4n) is 3.06. The Morgan fingerprint density at radius 1 is 0.950 bits per heavy atom. The van der Waals surface area contributed by atoms with E-state index < -0.39 is 23.9 Å². The van der Waals surface area contributed by atoms with E-state index in [1.165, 1.54) is 0 Å². The maximum Gasteiger partial charge on any atom is 0.426 e. The summed E-state index contributed by atoms with van der Waals surface area (Å²) >= 11 is 0. The molecule has 0 aromatic carbocycles. The number of halogens is 6. The topological polar surface area (TPSA) is 20.2 Å². The third-order valence-electron chi connectivity index (χ3n) is 4.68. The van der Waals surface area contributed by atoms with Crippen molar-refractivity contribution in [3.05, 3.63) is 0 Å². The highest BCUT2D eigenvalue weighted by Crippen LogP contribution is 2.52. The van der Waals surface area contributed by atoms with Crippen LogP contribution in [0.1, 0.15) is 46.0 Å². The molecule has 120 valence electrons. The van der Waals surface area contributed by atoms with Crippen molar-refractivity contribution in [3.8, 4) is 0 Å². The molecule has 1 unspecified atom stereocenters. The van der Waals surface area contributed by atoms with E-state index in [1.54, 1.807) is 0 Å². The van der Waals surface area contributed by atoms with Gasteiger partial charge in [-0.25, -0.2) is 0 Å². The highest BCUT2D eigenvalue weighted by atomic mass is 19.4. The summed E-state index contributed by atoms with van der Waals surface area (Å²) in [4.78, 5) is 0. The van der Waals surface area contributed by atoms with Crippen LogP contribution in [0.25, 0.3) is 0 Å². The maximum absolute atomic E-state index is 12.7. The van der Waals surface area contributed by atoms with E-state index in [2.05, 4.69) is 0 Å². The number of hydrogen-bond acceptors (Lipinski definition) is 1. The summed E-state index contributed by atoms with van der Waals surface area (Å²) in [5.74, 6) is -1.38. The molecule has 0 heterocycles. The van der Waals surface area contributed by atoms with Gasteiger partial charge in [0.15, 0.2) is 0 Å². The number of alkyl halides is 6. The van der Waals surface area contributed by atoms with Crippen molar-refractivity contribution in [1.29, 1.82) is 0 Å². The second-order valence-electron chi connectivity index (χ2n) is 5.76. The first-order chi connectivity index (χ1) is 8.95. The van der Waals surface area contributed by atoms with Crippen LogP contribution in [0.15, 0.2) is 0 Å². The van der Waals surface area contributed by atoms with Gasteiger partial charge in [-0.1, -0.05) is 20.3 Å². The van der Waals surface area contributed by atoms with Gasteiger partial charge in [0, 0.05) is 5.92 Å². The van der Waals surface area contributed by atoms with E-state index in [1.807, 2.05) is 13.8 Å². The SMILES string of the molecule is CCC(C)C1CCC(C(O)(C(F)(F)F)C(F)(F)F)CC1. The van der Waals surface area contributed by atoms with Gasteiger partial charge in [-0.2, -0.15) is 26.3 Å². The molecule has 1 N–H and O–H groups in total. The van der Waals surface area contributed by atoms with Crippen LogP contribution < -0.4 is 0 Å². The van der Waals surface area contributed by atoms with Crippen molar-refractivity contribution < 1.29 is 31.4 Å². The molecule has 1 nitrogen and oxygen atoms in total. The maximum atomic E-state index is 12.7. The van der Waals surface area contributed by atoms with Crippen LogP contribution in [0.5, 0.6) is 0 Å². The third-order valence-corrected chi connectivity index (χ3v) is 4.68. The van der Waals surface area contributed by atoms with Crippen molar-refractivity contribution in [2.45, 2.75) is 63.9 Å². The summed E-state index contributed by atoms with van der Waals surface area (Å²) in [7, 11) is 0. The molecule has 1 aliphatic carbocycles. The molecule has 1 atom stereocenters. The molecule has 0 amide bonds. The molecule has 0 radical (unpaired) electrons. The van der Waals surface area contributed by atoms with Crippen LogP contribution in [0, 0.1) is 17.8 Å². The molecule has 1 rings (SSSR count). The zero-order valence-corrected chi connectivity index (χ0v) is 11.5. The van der Waals surface area contributed by atoms with E-state index in [0.717, 1.165) is 6.42 Å². The van der Waals surface area contributed by atoms with Crippen LogP contribution in [0.4, 0.5) is 26.3 Å². The average molecular weight is 306 g/mol. The molecular formula is C13H20F6O. The second kappa shape index (κ2) is 5.73. The van der Waals surface area contributed by atoms with Crippen LogP contribution in [0.2, 0.25) is 0 Å². The highest BCUT2D eigenvalue weighted by Gasteiger charge is 2.73. The molecule has 1 aliphatic rings. The Morgan fingerprint density at radius 2 is 1.35 bits per heavy atom. The summed E-state index contributed by atoms with van der Waals surface area (Å²) in [6, 6.07) is 0. The monoisotopic (exact) mass is 306 g/mol. The normalized spacial score (nSPS) is 27.4. The van der Waals surface area contributed by atoms with Gasteiger partial charge in [0.1, 0.15) is 0 Å². The minimum absolute atomic E-state index is 0.141. The standard InChI is InChI=1S/C13H20F6O/c1-3-8(2)9-4-6-10(7-5-9)11(20,12(14,15)16)13(17,18)19/h8-10,20H,3-7H2,1-2H3. The van der Waals surface area contributed by atoms with E-state index in [-0.39, 0.29) is 24.7 Å². The quantitative estimate of drug-likeness (QED) is 0.750. The zero-order chi connectivity index (χ0) is 15.8. The molecule has 7 heteroatoms. The summed E-state index contributed by atoms with van der Waals surface area (Å²) < 4.78 is 76.4. The first-order valence-electron chi connectivity index (χ1n) is 6.81. The Hall–Kier alpha value is -0.460. The van der Waals surface area contributed by atoms with Gasteiger partial charge < -0.3 is 5.11 Å². The lowest BCUT2D eigenvalue weighted by Gasteiger charge is -2.42. The molecule has 0 spiro atoms. The van der Waals surface area contributed by atoms with Gasteiger partial charge in [-0.15, -0.1) is 0 Å². The van der Waals surface area contributed by atoms with Crippen molar-refractivity contribution in [2.24, 2.45) is 17.8 Å². The predicted molar refractivity (Wildman–Crippen MR) is 62.0 cm³/mol. The van der Waals surface area contributed by atoms with Crippen LogP contribution in [-0.4, -0.2) is 23.1 Å².